The van der Waals surface area contributed by atoms with Crippen LogP contribution in [0.1, 0.15) is 17.5 Å². The maximum atomic E-state index is 13.3. The fourth-order valence-electron chi connectivity index (χ4n) is 4.72. The zero-order valence-electron chi connectivity index (χ0n) is 22.6. The molecule has 2 aromatic carbocycles. The number of guanidine groups is 1. The van der Waals surface area contributed by atoms with E-state index in [1.165, 1.54) is 29.8 Å². The first-order valence-electron chi connectivity index (χ1n) is 13.0. The molecule has 2 N–H and O–H groups in total. The minimum absolute atomic E-state index is 0.0359. The van der Waals surface area contributed by atoms with Gasteiger partial charge in [0.1, 0.15) is 12.4 Å². The Morgan fingerprint density at radius 3 is 2.30 bits per heavy atom. The number of rotatable bonds is 8. The lowest BCUT2D eigenvalue weighted by Crippen LogP contribution is -2.55. The summed E-state index contributed by atoms with van der Waals surface area (Å²) in [5, 5.41) is 11.1. The molecule has 0 spiro atoms. The molecule has 2 amide bonds. The van der Waals surface area contributed by atoms with Crippen LogP contribution in [-0.2, 0) is 21.9 Å². The lowest BCUT2D eigenvalue weighted by Gasteiger charge is -2.37. The van der Waals surface area contributed by atoms with Crippen LogP contribution in [0.15, 0.2) is 53.5 Å². The van der Waals surface area contributed by atoms with Gasteiger partial charge in [0.15, 0.2) is 0 Å². The molecule has 12 nitrogen and oxygen atoms in total. The fourth-order valence-corrected chi connectivity index (χ4v) is 6.00. The third-order valence-electron chi connectivity index (χ3n) is 7.07. The number of nitrogens with two attached hydrogens (primary N) is 1. The van der Waals surface area contributed by atoms with Crippen LogP contribution in [0.25, 0.3) is 0 Å². The van der Waals surface area contributed by atoms with E-state index in [0.717, 1.165) is 24.5 Å². The second kappa shape index (κ2) is 13.5. The molecular formula is C27H34N6O6S. The Morgan fingerprint density at radius 2 is 1.68 bits per heavy atom. The molecule has 2 fully saturated rings. The summed E-state index contributed by atoms with van der Waals surface area (Å²) < 4.78 is 10.3. The molecular weight excluding hydrogens is 536 g/mol. The van der Waals surface area contributed by atoms with Gasteiger partial charge < -0.3 is 25.0 Å². The number of piperazine rings is 1. The molecule has 0 radical (unpaired) electrons. The number of methoxy groups -OCH3 is 1. The molecule has 0 aliphatic carbocycles. The molecule has 4 rings (SSSR count). The summed E-state index contributed by atoms with van der Waals surface area (Å²) in [5.74, 6) is 1.88. The van der Waals surface area contributed by atoms with Gasteiger partial charge in [-0.1, -0.05) is 12.1 Å². The van der Waals surface area contributed by atoms with Gasteiger partial charge in [0, 0.05) is 55.9 Å². The van der Waals surface area contributed by atoms with Gasteiger partial charge in [-0.25, -0.2) is 4.79 Å². The molecule has 0 aromatic heterocycles. The number of nitro groups is 1. The number of ether oxygens (including phenoxy) is 2. The third kappa shape index (κ3) is 7.63. The van der Waals surface area contributed by atoms with Crippen molar-refractivity contribution in [1.82, 2.24) is 14.7 Å². The zero-order chi connectivity index (χ0) is 28.6. The molecule has 13 heteroatoms. The highest BCUT2D eigenvalue weighted by atomic mass is 32.2. The highest BCUT2D eigenvalue weighted by Crippen LogP contribution is 2.30. The van der Waals surface area contributed by atoms with E-state index in [1.54, 1.807) is 12.0 Å². The third-order valence-corrected chi connectivity index (χ3v) is 8.38. The minimum atomic E-state index is -0.847. The van der Waals surface area contributed by atoms with Gasteiger partial charge in [0.05, 0.1) is 18.1 Å². The number of nitrogens with zero attached hydrogens (tertiary/aromatic N) is 5. The number of non-ortho nitro benzene ring substituents is 1. The SMILES string of the molecule is COc1ccc(CS[C@H]2C[C@@H](C(=O)N3CCN(C(N)=NC(=O)OCc4ccc([N+](=O)[O-])cc4)CC3)N(C)C2)cc1. The quantitative estimate of drug-likeness (QED) is 0.218. The number of hydrogen-bond acceptors (Lipinski definition) is 8. The van der Waals surface area contributed by atoms with Gasteiger partial charge in [-0.3, -0.25) is 19.8 Å². The monoisotopic (exact) mass is 570 g/mol. The normalized spacial score (nSPS) is 19.9. The predicted molar refractivity (Wildman–Crippen MR) is 152 cm³/mol. The average Bonchev–Trinajstić information content (AvgIpc) is 3.35. The molecule has 2 aromatic rings. The average molecular weight is 571 g/mol. The minimum Gasteiger partial charge on any atom is -0.497 e. The van der Waals surface area contributed by atoms with Crippen molar-refractivity contribution in [2.75, 3.05) is 46.9 Å². The van der Waals surface area contributed by atoms with Gasteiger partial charge in [0.25, 0.3) is 5.69 Å². The van der Waals surface area contributed by atoms with E-state index < -0.39 is 11.0 Å². The number of likely N-dealkylation sites (tertiary alicyclic amines) is 1. The van der Waals surface area contributed by atoms with Crippen LogP contribution in [0, 0.1) is 10.1 Å². The van der Waals surface area contributed by atoms with Crippen molar-refractivity contribution >= 4 is 35.4 Å². The number of benzene rings is 2. The molecule has 2 atom stereocenters. The van der Waals surface area contributed by atoms with Crippen molar-refractivity contribution in [3.8, 4) is 5.75 Å². The molecule has 0 unspecified atom stereocenters. The molecule has 40 heavy (non-hydrogen) atoms. The number of amides is 2. The predicted octanol–water partition coefficient (Wildman–Crippen LogP) is 2.71. The summed E-state index contributed by atoms with van der Waals surface area (Å²) in [6.45, 7) is 2.68. The van der Waals surface area contributed by atoms with E-state index in [4.69, 9.17) is 15.2 Å². The summed E-state index contributed by atoms with van der Waals surface area (Å²) in [5.41, 5.74) is 7.81. The number of hydrogen-bond donors (Lipinski definition) is 1. The zero-order valence-corrected chi connectivity index (χ0v) is 23.4. The van der Waals surface area contributed by atoms with Crippen LogP contribution in [0.3, 0.4) is 0 Å². The van der Waals surface area contributed by atoms with Gasteiger partial charge in [-0.2, -0.15) is 11.8 Å². The lowest BCUT2D eigenvalue weighted by molar-refractivity contribution is -0.384. The van der Waals surface area contributed by atoms with Crippen molar-refractivity contribution in [2.45, 2.75) is 30.1 Å². The van der Waals surface area contributed by atoms with Gasteiger partial charge in [-0.15, -0.1) is 4.99 Å². The van der Waals surface area contributed by atoms with Crippen molar-refractivity contribution in [3.05, 3.63) is 69.8 Å². The van der Waals surface area contributed by atoms with Gasteiger partial charge in [0.2, 0.25) is 11.9 Å². The first-order chi connectivity index (χ1) is 19.2. The standard InChI is InChI=1S/C27H34N6O6S/c1-30-16-23(40-18-20-5-9-22(38-2)10-6-20)15-24(30)25(34)31-11-13-32(14-12-31)26(28)29-27(35)39-17-19-3-7-21(8-4-19)33(36)37/h3-10,23-24H,11-18H2,1-2H3,(H2,28,29,35)/t23-,24-/m0/s1. The van der Waals surface area contributed by atoms with Crippen LogP contribution in [0.2, 0.25) is 0 Å². The Balaban J connectivity index is 1.20. The first kappa shape index (κ1) is 29.2. The highest BCUT2D eigenvalue weighted by Gasteiger charge is 2.37. The number of likely N-dealkylation sites (N-methyl/N-ethyl adjacent to an activating group) is 1. The van der Waals surface area contributed by atoms with Crippen LogP contribution in [0.5, 0.6) is 5.75 Å². The van der Waals surface area contributed by atoms with Gasteiger partial charge in [-0.05, 0) is 48.9 Å². The summed E-state index contributed by atoms with van der Waals surface area (Å²) in [7, 11) is 3.66. The van der Waals surface area contributed by atoms with Crippen molar-refractivity contribution in [2.24, 2.45) is 10.7 Å². The maximum absolute atomic E-state index is 13.3. The van der Waals surface area contributed by atoms with Gasteiger partial charge >= 0.3 is 6.09 Å². The van der Waals surface area contributed by atoms with E-state index in [2.05, 4.69) is 22.0 Å². The maximum Gasteiger partial charge on any atom is 0.437 e. The van der Waals surface area contributed by atoms with Crippen LogP contribution >= 0.6 is 11.8 Å². The largest absolute Gasteiger partial charge is 0.497 e. The van der Waals surface area contributed by atoms with E-state index in [9.17, 15) is 19.7 Å². The number of thioether (sulfide) groups is 1. The van der Waals surface area contributed by atoms with E-state index >= 15 is 0 Å². The summed E-state index contributed by atoms with van der Waals surface area (Å²) in [6.07, 6.45) is -0.0410. The second-order valence-corrected chi connectivity index (χ2v) is 11.0. The molecule has 2 heterocycles. The smallest absolute Gasteiger partial charge is 0.437 e. The topological polar surface area (TPSA) is 144 Å². The molecule has 2 aliphatic heterocycles. The fraction of sp³-hybridized carbons (Fsp3) is 0.444. The first-order valence-corrected chi connectivity index (χ1v) is 14.0. The lowest BCUT2D eigenvalue weighted by atomic mass is 10.1. The summed E-state index contributed by atoms with van der Waals surface area (Å²) in [4.78, 5) is 45.2. The van der Waals surface area contributed by atoms with Crippen molar-refractivity contribution < 1.29 is 24.0 Å². The number of carbonyl (C=O) groups is 2. The van der Waals surface area contributed by atoms with Crippen molar-refractivity contribution in [1.29, 1.82) is 0 Å². The number of carbonyl (C=O) groups excluding carboxylic acids is 2. The molecule has 0 bridgehead atoms. The highest BCUT2D eigenvalue weighted by molar-refractivity contribution is 7.99. The van der Waals surface area contributed by atoms with E-state index in [1.807, 2.05) is 35.8 Å². The summed E-state index contributed by atoms with van der Waals surface area (Å²) >= 11 is 1.87. The molecule has 214 valence electrons. The Hall–Kier alpha value is -3.84. The van der Waals surface area contributed by atoms with Crippen LogP contribution < -0.4 is 10.5 Å². The van der Waals surface area contributed by atoms with Crippen molar-refractivity contribution in [3.63, 3.8) is 0 Å². The van der Waals surface area contributed by atoms with E-state index in [-0.39, 0.29) is 30.2 Å². The molecule has 2 aliphatic rings. The Morgan fingerprint density at radius 1 is 1.05 bits per heavy atom. The number of aliphatic imine (C=N–C) groups is 1. The van der Waals surface area contributed by atoms with E-state index in [0.29, 0.717) is 37.0 Å². The van der Waals surface area contributed by atoms with Crippen LogP contribution in [0.4, 0.5) is 10.5 Å². The Labute approximate surface area is 237 Å². The summed E-state index contributed by atoms with van der Waals surface area (Å²) in [6, 6.07) is 13.6. The number of nitro benzene ring substituents is 1. The Kier molecular flexibility index (Phi) is 9.83. The molecule has 0 saturated carbocycles. The second-order valence-electron chi connectivity index (χ2n) is 9.73. The molecule has 2 saturated heterocycles. The van der Waals surface area contributed by atoms with Crippen LogP contribution in [-0.4, -0.2) is 95.8 Å². The Bertz CT molecular complexity index is 1220.